The normalized spacial score (nSPS) is 14.6. The van der Waals surface area contributed by atoms with Crippen molar-refractivity contribution in [3.05, 3.63) is 41.0 Å². The number of carbonyl (C=O) groups is 1. The first-order valence-corrected chi connectivity index (χ1v) is 6.83. The molecule has 1 amide bonds. The Morgan fingerprint density at radius 2 is 2.16 bits per heavy atom. The van der Waals surface area contributed by atoms with Gasteiger partial charge < -0.3 is 4.90 Å². The molecule has 1 saturated carbocycles. The first kappa shape index (κ1) is 12.4. The minimum Gasteiger partial charge on any atom is -0.341 e. The van der Waals surface area contributed by atoms with Crippen LogP contribution in [-0.4, -0.2) is 29.4 Å². The van der Waals surface area contributed by atoms with Crippen molar-refractivity contribution in [1.82, 2.24) is 9.88 Å². The maximum atomic E-state index is 12.5. The number of benzene rings is 1. The number of halogens is 1. The van der Waals surface area contributed by atoms with Crippen molar-refractivity contribution in [2.45, 2.75) is 12.8 Å². The Morgan fingerprint density at radius 1 is 1.42 bits per heavy atom. The molecule has 4 heteroatoms. The summed E-state index contributed by atoms with van der Waals surface area (Å²) in [6, 6.07) is 9.26. The molecule has 98 valence electrons. The molecular formula is C15H15ClN2O. The van der Waals surface area contributed by atoms with Crippen LogP contribution in [0.25, 0.3) is 10.9 Å². The Morgan fingerprint density at radius 3 is 2.89 bits per heavy atom. The second-order valence-electron chi connectivity index (χ2n) is 5.14. The molecule has 0 unspecified atom stereocenters. The van der Waals surface area contributed by atoms with Crippen LogP contribution in [0.4, 0.5) is 0 Å². The van der Waals surface area contributed by atoms with Gasteiger partial charge in [-0.3, -0.25) is 4.79 Å². The third-order valence-electron chi connectivity index (χ3n) is 3.49. The number of pyridine rings is 1. The summed E-state index contributed by atoms with van der Waals surface area (Å²) in [7, 11) is 1.85. The topological polar surface area (TPSA) is 33.2 Å². The van der Waals surface area contributed by atoms with Crippen LogP contribution in [0.3, 0.4) is 0 Å². The number of carbonyl (C=O) groups excluding carboxylic acids is 1. The van der Waals surface area contributed by atoms with Gasteiger partial charge in [0, 0.05) is 19.0 Å². The van der Waals surface area contributed by atoms with Crippen molar-refractivity contribution in [3.63, 3.8) is 0 Å². The van der Waals surface area contributed by atoms with Crippen molar-refractivity contribution >= 4 is 28.4 Å². The van der Waals surface area contributed by atoms with Gasteiger partial charge in [0.05, 0.1) is 11.1 Å². The van der Waals surface area contributed by atoms with E-state index in [1.54, 1.807) is 11.0 Å². The Labute approximate surface area is 117 Å². The van der Waals surface area contributed by atoms with Crippen LogP contribution in [0, 0.1) is 5.92 Å². The van der Waals surface area contributed by atoms with Crippen molar-refractivity contribution in [3.8, 4) is 0 Å². The van der Waals surface area contributed by atoms with E-state index in [1.165, 1.54) is 12.8 Å². The molecule has 3 rings (SSSR count). The number of nitrogens with zero attached hydrogens (tertiary/aromatic N) is 2. The molecule has 1 aliphatic rings. The van der Waals surface area contributed by atoms with Crippen LogP contribution in [0.15, 0.2) is 30.3 Å². The molecule has 0 aliphatic heterocycles. The van der Waals surface area contributed by atoms with Gasteiger partial charge in [-0.05, 0) is 30.9 Å². The summed E-state index contributed by atoms with van der Waals surface area (Å²) < 4.78 is 0. The molecule has 0 N–H and O–H groups in total. The van der Waals surface area contributed by atoms with E-state index in [2.05, 4.69) is 4.98 Å². The summed E-state index contributed by atoms with van der Waals surface area (Å²) in [5.74, 6) is 0.699. The quantitative estimate of drug-likeness (QED) is 0.804. The van der Waals surface area contributed by atoms with Gasteiger partial charge in [-0.15, -0.1) is 0 Å². The molecule has 0 radical (unpaired) electrons. The molecule has 1 aromatic heterocycles. The molecule has 3 nitrogen and oxygen atoms in total. The fraction of sp³-hybridized carbons (Fsp3) is 0.333. The zero-order chi connectivity index (χ0) is 13.4. The van der Waals surface area contributed by atoms with Gasteiger partial charge in [0.15, 0.2) is 0 Å². The van der Waals surface area contributed by atoms with Crippen LogP contribution in [0.5, 0.6) is 0 Å². The van der Waals surface area contributed by atoms with Gasteiger partial charge in [0.25, 0.3) is 5.91 Å². The Kier molecular flexibility index (Phi) is 3.15. The van der Waals surface area contributed by atoms with Crippen LogP contribution in [0.1, 0.15) is 23.2 Å². The number of rotatable bonds is 3. The Bertz CT molecular complexity index is 637. The van der Waals surface area contributed by atoms with E-state index >= 15 is 0 Å². The first-order chi connectivity index (χ1) is 9.15. The van der Waals surface area contributed by atoms with E-state index in [4.69, 9.17) is 11.6 Å². The van der Waals surface area contributed by atoms with Crippen LogP contribution in [-0.2, 0) is 0 Å². The average Bonchev–Trinajstić information content (AvgIpc) is 3.20. The van der Waals surface area contributed by atoms with Crippen molar-refractivity contribution in [2.75, 3.05) is 13.6 Å². The highest BCUT2D eigenvalue weighted by Gasteiger charge is 2.26. The summed E-state index contributed by atoms with van der Waals surface area (Å²) in [5.41, 5.74) is 1.40. The van der Waals surface area contributed by atoms with E-state index in [1.807, 2.05) is 31.3 Å². The van der Waals surface area contributed by atoms with Crippen molar-refractivity contribution in [2.24, 2.45) is 5.92 Å². The van der Waals surface area contributed by atoms with E-state index < -0.39 is 0 Å². The molecule has 2 aromatic rings. The summed E-state index contributed by atoms with van der Waals surface area (Å²) in [4.78, 5) is 18.5. The molecule has 0 spiro atoms. The van der Waals surface area contributed by atoms with E-state index in [-0.39, 0.29) is 5.91 Å². The monoisotopic (exact) mass is 274 g/mol. The molecule has 0 atom stereocenters. The SMILES string of the molecule is CN(CC1CC1)C(=O)c1cc(Cl)nc2ccccc12. The van der Waals surface area contributed by atoms with E-state index in [0.717, 1.165) is 17.4 Å². The summed E-state index contributed by atoms with van der Waals surface area (Å²) in [6.45, 7) is 0.826. The number of hydrogen-bond acceptors (Lipinski definition) is 2. The molecule has 0 bridgehead atoms. The lowest BCUT2D eigenvalue weighted by Crippen LogP contribution is -2.29. The lowest BCUT2D eigenvalue weighted by molar-refractivity contribution is 0.0790. The van der Waals surface area contributed by atoms with Crippen LogP contribution in [0.2, 0.25) is 5.15 Å². The molecule has 1 heterocycles. The Balaban J connectivity index is 2.00. The molecule has 1 fully saturated rings. The molecule has 1 aliphatic carbocycles. The van der Waals surface area contributed by atoms with Gasteiger partial charge >= 0.3 is 0 Å². The standard InChI is InChI=1S/C15H15ClN2O/c1-18(9-10-6-7-10)15(19)12-8-14(16)17-13-5-3-2-4-11(12)13/h2-5,8,10H,6-7,9H2,1H3. The van der Waals surface area contributed by atoms with Gasteiger partial charge in [0.1, 0.15) is 5.15 Å². The maximum absolute atomic E-state index is 12.5. The predicted octanol–water partition coefficient (Wildman–Crippen LogP) is 3.37. The number of hydrogen-bond donors (Lipinski definition) is 0. The summed E-state index contributed by atoms with van der Waals surface area (Å²) in [6.07, 6.45) is 2.46. The Hall–Kier alpha value is -1.61. The van der Waals surface area contributed by atoms with Crippen molar-refractivity contribution in [1.29, 1.82) is 0 Å². The maximum Gasteiger partial charge on any atom is 0.254 e. The van der Waals surface area contributed by atoms with Gasteiger partial charge in [-0.25, -0.2) is 4.98 Å². The predicted molar refractivity (Wildman–Crippen MR) is 76.4 cm³/mol. The summed E-state index contributed by atoms with van der Waals surface area (Å²) >= 11 is 6.01. The second-order valence-corrected chi connectivity index (χ2v) is 5.53. The highest BCUT2D eigenvalue weighted by atomic mass is 35.5. The number of fused-ring (bicyclic) bond motifs is 1. The fourth-order valence-corrected chi connectivity index (χ4v) is 2.50. The highest BCUT2D eigenvalue weighted by molar-refractivity contribution is 6.30. The van der Waals surface area contributed by atoms with Crippen LogP contribution < -0.4 is 0 Å². The highest BCUT2D eigenvalue weighted by Crippen LogP contribution is 2.30. The number of amides is 1. The van der Waals surface area contributed by atoms with E-state index in [0.29, 0.717) is 16.6 Å². The minimum absolute atomic E-state index is 0.0207. The zero-order valence-corrected chi connectivity index (χ0v) is 11.5. The van der Waals surface area contributed by atoms with Gasteiger partial charge in [0.2, 0.25) is 0 Å². The number of para-hydroxylation sites is 1. The largest absolute Gasteiger partial charge is 0.341 e. The average molecular weight is 275 g/mol. The zero-order valence-electron chi connectivity index (χ0n) is 10.8. The van der Waals surface area contributed by atoms with Crippen LogP contribution >= 0.6 is 11.6 Å². The lowest BCUT2D eigenvalue weighted by Gasteiger charge is -2.18. The molecular weight excluding hydrogens is 260 g/mol. The first-order valence-electron chi connectivity index (χ1n) is 6.46. The minimum atomic E-state index is 0.0207. The van der Waals surface area contributed by atoms with Gasteiger partial charge in [-0.2, -0.15) is 0 Å². The lowest BCUT2D eigenvalue weighted by atomic mass is 10.1. The third kappa shape index (κ3) is 2.56. The smallest absolute Gasteiger partial charge is 0.254 e. The number of aromatic nitrogens is 1. The summed E-state index contributed by atoms with van der Waals surface area (Å²) in [5, 5.41) is 1.22. The molecule has 0 saturated heterocycles. The van der Waals surface area contributed by atoms with E-state index in [9.17, 15) is 4.79 Å². The third-order valence-corrected chi connectivity index (χ3v) is 3.68. The molecule has 19 heavy (non-hydrogen) atoms. The van der Waals surface area contributed by atoms with Crippen molar-refractivity contribution < 1.29 is 4.79 Å². The second kappa shape index (κ2) is 4.82. The molecule has 1 aromatic carbocycles. The van der Waals surface area contributed by atoms with Gasteiger partial charge in [-0.1, -0.05) is 29.8 Å². The fourth-order valence-electron chi connectivity index (χ4n) is 2.30.